The van der Waals surface area contributed by atoms with E-state index in [2.05, 4.69) is 11.1 Å². The second kappa shape index (κ2) is 3.39. The molecule has 1 aromatic heterocycles. The van der Waals surface area contributed by atoms with Gasteiger partial charge in [-0.05, 0) is 25.5 Å². The number of rotatable bonds is 2. The molecule has 0 amide bonds. The Morgan fingerprint density at radius 1 is 1.55 bits per heavy atom. The fraction of sp³-hybridized carbons (Fsp3) is 0.333. The second-order valence-corrected chi connectivity index (χ2v) is 2.62. The van der Waals surface area contributed by atoms with Crippen molar-refractivity contribution in [1.29, 1.82) is 0 Å². The Morgan fingerprint density at radius 3 is 2.73 bits per heavy atom. The third-order valence-corrected chi connectivity index (χ3v) is 1.59. The van der Waals surface area contributed by atoms with Gasteiger partial charge in [-0.25, -0.2) is 0 Å². The smallest absolute Gasteiger partial charge is 0.0615 e. The van der Waals surface area contributed by atoms with Gasteiger partial charge in [0.1, 0.15) is 0 Å². The summed E-state index contributed by atoms with van der Waals surface area (Å²) < 4.78 is 0. The fourth-order valence-electron chi connectivity index (χ4n) is 1.10. The molecule has 0 spiro atoms. The number of aryl methyl sites for hydroxylation is 2. The summed E-state index contributed by atoms with van der Waals surface area (Å²) in [5.41, 5.74) is 3.45. The molecule has 1 heterocycles. The maximum Gasteiger partial charge on any atom is 0.0615 e. The van der Waals surface area contributed by atoms with Crippen LogP contribution in [-0.4, -0.2) is 16.7 Å². The quantitative estimate of drug-likeness (QED) is 0.662. The van der Waals surface area contributed by atoms with Gasteiger partial charge in [-0.15, -0.1) is 0 Å². The fourth-order valence-corrected chi connectivity index (χ4v) is 1.10. The summed E-state index contributed by atoms with van der Waals surface area (Å²) >= 11 is 0. The van der Waals surface area contributed by atoms with Crippen molar-refractivity contribution in [3.63, 3.8) is 0 Å². The molecule has 11 heavy (non-hydrogen) atoms. The van der Waals surface area contributed by atoms with Gasteiger partial charge in [0.2, 0.25) is 0 Å². The normalized spacial score (nSPS) is 11.2. The summed E-state index contributed by atoms with van der Waals surface area (Å²) in [5.74, 6) is 0. The van der Waals surface area contributed by atoms with Crippen LogP contribution in [0, 0.1) is 13.8 Å². The topological polar surface area (TPSA) is 36.0 Å². The van der Waals surface area contributed by atoms with Gasteiger partial charge < -0.3 is 10.1 Å². The molecule has 1 rings (SSSR count). The van der Waals surface area contributed by atoms with E-state index in [1.807, 2.05) is 19.9 Å². The molecule has 0 aromatic carbocycles. The van der Waals surface area contributed by atoms with Crippen molar-refractivity contribution in [2.75, 3.05) is 6.61 Å². The van der Waals surface area contributed by atoms with Gasteiger partial charge in [-0.2, -0.15) is 0 Å². The Hall–Kier alpha value is -1.02. The Labute approximate surface area is 66.6 Å². The van der Waals surface area contributed by atoms with E-state index in [0.29, 0.717) is 0 Å². The van der Waals surface area contributed by atoms with Crippen molar-refractivity contribution in [2.24, 2.45) is 0 Å². The summed E-state index contributed by atoms with van der Waals surface area (Å²) in [6.45, 7) is 4.14. The van der Waals surface area contributed by atoms with Crippen molar-refractivity contribution >= 4 is 6.08 Å². The molecule has 0 aliphatic heterocycles. The number of hydrogen-bond acceptors (Lipinski definition) is 1. The van der Waals surface area contributed by atoms with E-state index in [-0.39, 0.29) is 6.61 Å². The zero-order chi connectivity index (χ0) is 8.27. The molecule has 2 nitrogen and oxygen atoms in total. The van der Waals surface area contributed by atoms with Crippen molar-refractivity contribution in [2.45, 2.75) is 13.8 Å². The molecule has 0 atom stereocenters. The van der Waals surface area contributed by atoms with Crippen LogP contribution in [0.25, 0.3) is 6.08 Å². The molecule has 0 saturated carbocycles. The predicted molar refractivity (Wildman–Crippen MR) is 46.4 cm³/mol. The number of nitrogens with one attached hydrogen (secondary N) is 1. The number of aromatic nitrogens is 1. The van der Waals surface area contributed by atoms with Gasteiger partial charge in [0.05, 0.1) is 6.61 Å². The van der Waals surface area contributed by atoms with E-state index >= 15 is 0 Å². The third kappa shape index (κ3) is 1.95. The molecule has 2 N–H and O–H groups in total. The van der Waals surface area contributed by atoms with Crippen LogP contribution in [0.1, 0.15) is 17.0 Å². The van der Waals surface area contributed by atoms with E-state index in [9.17, 15) is 0 Å². The highest BCUT2D eigenvalue weighted by Gasteiger charge is 1.95. The van der Waals surface area contributed by atoms with Gasteiger partial charge in [0, 0.05) is 11.4 Å². The number of H-pyrrole nitrogens is 1. The molecule has 0 aliphatic carbocycles. The first-order valence-electron chi connectivity index (χ1n) is 3.67. The summed E-state index contributed by atoms with van der Waals surface area (Å²) in [4.78, 5) is 3.18. The monoisotopic (exact) mass is 151 g/mol. The standard InChI is InChI=1S/C9H13NO/c1-7-6-9(4-3-5-11)8(2)10-7/h3-4,6,10-11H,5H2,1-2H3/b4-3+. The zero-order valence-corrected chi connectivity index (χ0v) is 6.89. The molecule has 0 fully saturated rings. The predicted octanol–water partition coefficient (Wildman–Crippen LogP) is 1.64. The maximum absolute atomic E-state index is 8.53. The van der Waals surface area contributed by atoms with E-state index in [1.54, 1.807) is 6.08 Å². The lowest BCUT2D eigenvalue weighted by Crippen LogP contribution is -1.75. The van der Waals surface area contributed by atoms with Crippen molar-refractivity contribution in [1.82, 2.24) is 4.98 Å². The Balaban J connectivity index is 2.85. The molecule has 0 radical (unpaired) electrons. The molecule has 0 unspecified atom stereocenters. The highest BCUT2D eigenvalue weighted by Crippen LogP contribution is 2.10. The minimum Gasteiger partial charge on any atom is -0.392 e. The van der Waals surface area contributed by atoms with E-state index in [0.717, 1.165) is 17.0 Å². The van der Waals surface area contributed by atoms with Crippen LogP contribution in [0.2, 0.25) is 0 Å². The number of aliphatic hydroxyl groups excluding tert-OH is 1. The van der Waals surface area contributed by atoms with E-state index in [1.165, 1.54) is 0 Å². The third-order valence-electron chi connectivity index (χ3n) is 1.59. The largest absolute Gasteiger partial charge is 0.392 e. The summed E-state index contributed by atoms with van der Waals surface area (Å²) in [5, 5.41) is 8.53. The molecule has 0 aliphatic rings. The first kappa shape index (κ1) is 8.08. The van der Waals surface area contributed by atoms with Crippen LogP contribution < -0.4 is 0 Å². The first-order valence-corrected chi connectivity index (χ1v) is 3.67. The summed E-state index contributed by atoms with van der Waals surface area (Å²) in [7, 11) is 0. The van der Waals surface area contributed by atoms with Crippen LogP contribution in [0.15, 0.2) is 12.1 Å². The summed E-state index contributed by atoms with van der Waals surface area (Å²) in [6, 6.07) is 2.06. The van der Waals surface area contributed by atoms with Gasteiger partial charge >= 0.3 is 0 Å². The Kier molecular flexibility index (Phi) is 2.49. The van der Waals surface area contributed by atoms with Gasteiger partial charge in [-0.1, -0.05) is 12.2 Å². The van der Waals surface area contributed by atoms with Crippen molar-refractivity contribution in [3.8, 4) is 0 Å². The lowest BCUT2D eigenvalue weighted by Gasteiger charge is -1.87. The van der Waals surface area contributed by atoms with Crippen LogP contribution >= 0.6 is 0 Å². The average Bonchev–Trinajstić information content (AvgIpc) is 2.26. The zero-order valence-electron chi connectivity index (χ0n) is 6.89. The first-order chi connectivity index (χ1) is 5.24. The van der Waals surface area contributed by atoms with Crippen LogP contribution in [0.4, 0.5) is 0 Å². The average molecular weight is 151 g/mol. The Morgan fingerprint density at radius 2 is 2.27 bits per heavy atom. The van der Waals surface area contributed by atoms with Crippen molar-refractivity contribution in [3.05, 3.63) is 29.1 Å². The molecular formula is C9H13NO. The minimum absolute atomic E-state index is 0.101. The van der Waals surface area contributed by atoms with E-state index < -0.39 is 0 Å². The highest BCUT2D eigenvalue weighted by molar-refractivity contribution is 5.52. The number of aliphatic hydroxyl groups is 1. The van der Waals surface area contributed by atoms with Gasteiger partial charge in [-0.3, -0.25) is 0 Å². The SMILES string of the molecule is Cc1cc(/C=C/CO)c(C)[nH]1. The second-order valence-electron chi connectivity index (χ2n) is 2.62. The lowest BCUT2D eigenvalue weighted by molar-refractivity contribution is 0.343. The summed E-state index contributed by atoms with van der Waals surface area (Å²) in [6.07, 6.45) is 3.65. The molecule has 60 valence electrons. The number of aromatic amines is 1. The molecule has 1 aromatic rings. The van der Waals surface area contributed by atoms with Crippen LogP contribution in [0.5, 0.6) is 0 Å². The molecule has 2 heteroatoms. The van der Waals surface area contributed by atoms with Gasteiger partial charge in [0.15, 0.2) is 0 Å². The minimum atomic E-state index is 0.101. The lowest BCUT2D eigenvalue weighted by atomic mass is 10.2. The van der Waals surface area contributed by atoms with Crippen molar-refractivity contribution < 1.29 is 5.11 Å². The maximum atomic E-state index is 8.53. The van der Waals surface area contributed by atoms with E-state index in [4.69, 9.17) is 5.11 Å². The number of hydrogen-bond donors (Lipinski definition) is 2. The van der Waals surface area contributed by atoms with Gasteiger partial charge in [0.25, 0.3) is 0 Å². The molecular weight excluding hydrogens is 138 g/mol. The highest BCUT2D eigenvalue weighted by atomic mass is 16.2. The molecule has 0 saturated heterocycles. The van der Waals surface area contributed by atoms with Crippen LogP contribution in [0.3, 0.4) is 0 Å². The van der Waals surface area contributed by atoms with Crippen LogP contribution in [-0.2, 0) is 0 Å². The molecule has 0 bridgehead atoms. The Bertz CT molecular complexity index is 261.